The van der Waals surface area contributed by atoms with E-state index in [9.17, 15) is 4.79 Å². The molecule has 0 aliphatic carbocycles. The maximum Gasteiger partial charge on any atom is 0.218 e. The zero-order valence-corrected chi connectivity index (χ0v) is 17.8. The average molecular weight is 414 g/mol. The summed E-state index contributed by atoms with van der Waals surface area (Å²) in [5.41, 5.74) is 3.82. The monoisotopic (exact) mass is 413 g/mol. The topological polar surface area (TPSA) is 55.7 Å². The molecule has 152 valence electrons. The second kappa shape index (κ2) is 8.05. The van der Waals surface area contributed by atoms with Gasteiger partial charge >= 0.3 is 0 Å². The fraction of sp³-hybridized carbons (Fsp3) is 0.364. The van der Waals surface area contributed by atoms with Gasteiger partial charge in [-0.1, -0.05) is 22.8 Å². The first kappa shape index (κ1) is 19.7. The van der Waals surface area contributed by atoms with E-state index in [1.54, 1.807) is 0 Å². The van der Waals surface area contributed by atoms with E-state index in [1.165, 1.54) is 4.90 Å². The molecule has 3 aromatic rings. The minimum absolute atomic E-state index is 0.177. The fourth-order valence-corrected chi connectivity index (χ4v) is 4.29. The van der Waals surface area contributed by atoms with Crippen molar-refractivity contribution in [2.45, 2.75) is 20.8 Å². The molecule has 0 saturated carbocycles. The highest BCUT2D eigenvalue weighted by Gasteiger charge is 2.25. The van der Waals surface area contributed by atoms with E-state index in [-0.39, 0.29) is 5.78 Å². The van der Waals surface area contributed by atoms with E-state index in [2.05, 4.69) is 16.1 Å². The molecule has 4 rings (SSSR count). The highest BCUT2D eigenvalue weighted by Crippen LogP contribution is 2.21. The Morgan fingerprint density at radius 2 is 1.93 bits per heavy atom. The number of benzene rings is 1. The van der Waals surface area contributed by atoms with Crippen LogP contribution in [0.15, 0.2) is 40.9 Å². The Morgan fingerprint density at radius 3 is 2.59 bits per heavy atom. The number of nitrogens with one attached hydrogen (secondary N) is 1. The number of hydrogen-bond acceptors (Lipinski definition) is 4. The quantitative estimate of drug-likeness (QED) is 0.653. The summed E-state index contributed by atoms with van der Waals surface area (Å²) >= 11 is 6.12. The number of carbonyl (C=O) groups excluding carboxylic acids is 1. The molecule has 1 N–H and O–H groups in total. The third-order valence-electron chi connectivity index (χ3n) is 5.63. The van der Waals surface area contributed by atoms with E-state index < -0.39 is 0 Å². The Hall–Kier alpha value is -2.57. The first-order chi connectivity index (χ1) is 13.9. The predicted octanol–water partition coefficient (Wildman–Crippen LogP) is 2.63. The lowest BCUT2D eigenvalue weighted by Gasteiger charge is -2.33. The standard InChI is InChI=1S/C22H25ClN4O2/c1-15-11-20(17(3)27(15)22-12-16(2)29-24-22)21(28)14-25-7-9-26(10-8-25)19-6-4-5-18(23)13-19/h4-6,11-13H,7-10,14H2,1-3H3/p+1. The molecule has 0 spiro atoms. The van der Waals surface area contributed by atoms with Gasteiger partial charge in [-0.25, -0.2) is 0 Å². The van der Waals surface area contributed by atoms with Crippen LogP contribution in [0.25, 0.3) is 5.82 Å². The molecule has 0 bridgehead atoms. The van der Waals surface area contributed by atoms with Gasteiger partial charge in [-0.05, 0) is 45.0 Å². The van der Waals surface area contributed by atoms with Crippen LogP contribution >= 0.6 is 11.6 Å². The van der Waals surface area contributed by atoms with Gasteiger partial charge in [-0.2, -0.15) is 0 Å². The lowest BCUT2D eigenvalue weighted by Crippen LogP contribution is -3.15. The Bertz CT molecular complexity index is 1030. The van der Waals surface area contributed by atoms with Crippen molar-refractivity contribution in [2.75, 3.05) is 37.6 Å². The van der Waals surface area contributed by atoms with Crippen LogP contribution in [0, 0.1) is 20.8 Å². The Morgan fingerprint density at radius 1 is 1.17 bits per heavy atom. The zero-order valence-electron chi connectivity index (χ0n) is 17.0. The first-order valence-electron chi connectivity index (χ1n) is 9.92. The fourth-order valence-electron chi connectivity index (χ4n) is 4.11. The minimum atomic E-state index is 0.177. The van der Waals surface area contributed by atoms with Crippen LogP contribution in [0.4, 0.5) is 5.69 Å². The van der Waals surface area contributed by atoms with Gasteiger partial charge in [0.05, 0.1) is 26.2 Å². The number of carbonyl (C=O) groups is 1. The van der Waals surface area contributed by atoms with Crippen molar-refractivity contribution in [2.24, 2.45) is 0 Å². The van der Waals surface area contributed by atoms with Crippen molar-refractivity contribution in [3.05, 3.63) is 64.1 Å². The number of halogens is 1. The summed E-state index contributed by atoms with van der Waals surface area (Å²) in [6, 6.07) is 11.8. The molecule has 1 aromatic carbocycles. The second-order valence-corrected chi connectivity index (χ2v) is 8.17. The summed E-state index contributed by atoms with van der Waals surface area (Å²) in [7, 11) is 0. The average Bonchev–Trinajstić information content (AvgIpc) is 3.24. The Balaban J connectivity index is 1.42. The number of aryl methyl sites for hydroxylation is 2. The number of aromatic nitrogens is 2. The lowest BCUT2D eigenvalue weighted by atomic mass is 10.1. The van der Waals surface area contributed by atoms with Gasteiger partial charge in [-0.3, -0.25) is 9.36 Å². The van der Waals surface area contributed by atoms with Gasteiger partial charge in [0.15, 0.2) is 5.82 Å². The molecule has 0 atom stereocenters. The van der Waals surface area contributed by atoms with Crippen LogP contribution in [0.5, 0.6) is 0 Å². The number of rotatable bonds is 5. The summed E-state index contributed by atoms with van der Waals surface area (Å²) in [4.78, 5) is 16.7. The second-order valence-electron chi connectivity index (χ2n) is 7.73. The van der Waals surface area contributed by atoms with Crippen LogP contribution in [0.1, 0.15) is 27.5 Å². The summed E-state index contributed by atoms with van der Waals surface area (Å²) in [5.74, 6) is 1.65. The molecule has 7 heteroatoms. The zero-order chi connectivity index (χ0) is 20.5. The number of quaternary nitrogens is 1. The van der Waals surface area contributed by atoms with Gasteiger partial charge in [0.2, 0.25) is 5.78 Å². The van der Waals surface area contributed by atoms with Gasteiger partial charge in [0.25, 0.3) is 0 Å². The third kappa shape index (κ3) is 4.09. The molecule has 0 unspecified atom stereocenters. The van der Waals surface area contributed by atoms with E-state index in [4.69, 9.17) is 16.1 Å². The Kier molecular flexibility index (Phi) is 5.48. The minimum Gasteiger partial charge on any atom is -0.360 e. The number of hydrogen-bond donors (Lipinski definition) is 1. The molecule has 1 aliphatic heterocycles. The molecule has 1 saturated heterocycles. The molecular formula is C22H26ClN4O2+. The maximum absolute atomic E-state index is 13.0. The molecule has 2 aromatic heterocycles. The molecule has 0 amide bonds. The molecule has 6 nitrogen and oxygen atoms in total. The summed E-state index contributed by atoms with van der Waals surface area (Å²) in [6.45, 7) is 10.0. The van der Waals surface area contributed by atoms with Crippen molar-refractivity contribution in [1.82, 2.24) is 9.72 Å². The molecule has 29 heavy (non-hydrogen) atoms. The molecule has 1 fully saturated rings. The van der Waals surface area contributed by atoms with Gasteiger partial charge in [0.1, 0.15) is 12.3 Å². The number of ketones is 1. The number of piperazine rings is 1. The van der Waals surface area contributed by atoms with Crippen molar-refractivity contribution < 1.29 is 14.2 Å². The summed E-state index contributed by atoms with van der Waals surface area (Å²) < 4.78 is 7.18. The van der Waals surface area contributed by atoms with Crippen LogP contribution in [-0.4, -0.2) is 48.2 Å². The number of Topliss-reactive ketones (excluding diaryl/α,β-unsaturated/α-hetero) is 1. The number of nitrogens with zero attached hydrogens (tertiary/aromatic N) is 3. The van der Waals surface area contributed by atoms with Crippen LogP contribution in [0.2, 0.25) is 5.02 Å². The van der Waals surface area contributed by atoms with Crippen molar-refractivity contribution >= 4 is 23.1 Å². The van der Waals surface area contributed by atoms with Crippen LogP contribution in [0.3, 0.4) is 0 Å². The lowest BCUT2D eigenvalue weighted by molar-refractivity contribution is -0.892. The number of anilines is 1. The van der Waals surface area contributed by atoms with Crippen molar-refractivity contribution in [1.29, 1.82) is 0 Å². The van der Waals surface area contributed by atoms with Gasteiger partial charge in [0, 0.05) is 33.7 Å². The van der Waals surface area contributed by atoms with E-state index >= 15 is 0 Å². The Labute approximate surface area is 175 Å². The van der Waals surface area contributed by atoms with E-state index in [0.29, 0.717) is 6.54 Å². The summed E-state index contributed by atoms with van der Waals surface area (Å²) in [6.07, 6.45) is 0. The van der Waals surface area contributed by atoms with Crippen molar-refractivity contribution in [3.63, 3.8) is 0 Å². The predicted molar refractivity (Wildman–Crippen MR) is 114 cm³/mol. The third-order valence-corrected chi connectivity index (χ3v) is 5.87. The first-order valence-corrected chi connectivity index (χ1v) is 10.3. The van der Waals surface area contributed by atoms with Crippen molar-refractivity contribution in [3.8, 4) is 5.82 Å². The van der Waals surface area contributed by atoms with Crippen LogP contribution in [-0.2, 0) is 0 Å². The molecule has 0 radical (unpaired) electrons. The van der Waals surface area contributed by atoms with Gasteiger partial charge in [-0.15, -0.1) is 0 Å². The normalized spacial score (nSPS) is 15.1. The highest BCUT2D eigenvalue weighted by molar-refractivity contribution is 6.30. The van der Waals surface area contributed by atoms with E-state index in [1.807, 2.05) is 55.7 Å². The largest absolute Gasteiger partial charge is 0.360 e. The van der Waals surface area contributed by atoms with Crippen LogP contribution < -0.4 is 9.80 Å². The van der Waals surface area contributed by atoms with Gasteiger partial charge < -0.3 is 14.3 Å². The SMILES string of the molecule is Cc1cc(-n2c(C)cc(C(=O)C[NH+]3CCN(c4cccc(Cl)c4)CC3)c2C)no1. The molecular weight excluding hydrogens is 388 g/mol. The molecule has 3 heterocycles. The summed E-state index contributed by atoms with van der Waals surface area (Å²) in [5, 5.41) is 4.85. The smallest absolute Gasteiger partial charge is 0.218 e. The maximum atomic E-state index is 13.0. The highest BCUT2D eigenvalue weighted by atomic mass is 35.5. The molecule has 1 aliphatic rings. The van der Waals surface area contributed by atoms with E-state index in [0.717, 1.165) is 65.4 Å².